The summed E-state index contributed by atoms with van der Waals surface area (Å²) in [5.41, 5.74) is 1.35. The minimum atomic E-state index is -0.957. The third-order valence-electron chi connectivity index (χ3n) is 4.24. The number of carbonyl (C=O) groups excluding carboxylic acids is 2. The number of para-hydroxylation sites is 1. The molecule has 1 amide bonds. The van der Waals surface area contributed by atoms with Crippen molar-refractivity contribution in [1.29, 1.82) is 0 Å². The maximum absolute atomic E-state index is 12.4. The fraction of sp³-hybridized carbons (Fsp3) is 0.182. The molecule has 166 valence electrons. The first-order valence-corrected chi connectivity index (χ1v) is 10.2. The van der Waals surface area contributed by atoms with Crippen LogP contribution in [0, 0.1) is 0 Å². The maximum Gasteiger partial charge on any atom is 0.340 e. The van der Waals surface area contributed by atoms with Gasteiger partial charge in [-0.25, -0.2) is 9.79 Å². The summed E-state index contributed by atoms with van der Waals surface area (Å²) in [6.45, 7) is 0.0112. The second-order valence-corrected chi connectivity index (χ2v) is 7.42. The first-order chi connectivity index (χ1) is 15.4. The van der Waals surface area contributed by atoms with Gasteiger partial charge in [0, 0.05) is 0 Å². The Labute approximate surface area is 188 Å². The predicted molar refractivity (Wildman–Crippen MR) is 119 cm³/mol. The molecule has 0 spiro atoms. The van der Waals surface area contributed by atoms with Crippen LogP contribution in [0.1, 0.15) is 22.3 Å². The smallest absolute Gasteiger partial charge is 0.340 e. The number of carboxylic acids is 1. The van der Waals surface area contributed by atoms with E-state index in [0.717, 1.165) is 11.8 Å². The number of ether oxygens (including phenoxy) is 3. The van der Waals surface area contributed by atoms with Crippen LogP contribution in [0.3, 0.4) is 0 Å². The van der Waals surface area contributed by atoms with E-state index in [2.05, 4.69) is 10.3 Å². The highest BCUT2D eigenvalue weighted by Crippen LogP contribution is 2.32. The molecule has 1 aliphatic rings. The van der Waals surface area contributed by atoms with Crippen molar-refractivity contribution in [1.82, 2.24) is 5.32 Å². The Morgan fingerprint density at radius 2 is 1.94 bits per heavy atom. The number of aliphatic carboxylic acids is 1. The topological polar surface area (TPSA) is 124 Å². The van der Waals surface area contributed by atoms with Gasteiger partial charge in [-0.2, -0.15) is 0 Å². The van der Waals surface area contributed by atoms with Crippen LogP contribution in [-0.4, -0.2) is 48.9 Å². The monoisotopic (exact) mass is 456 g/mol. The van der Waals surface area contributed by atoms with Crippen LogP contribution in [0.25, 0.3) is 6.08 Å². The number of nitrogens with zero attached hydrogens (tertiary/aromatic N) is 1. The number of hydrogen-bond donors (Lipinski definition) is 2. The first-order valence-electron chi connectivity index (χ1n) is 9.41. The highest BCUT2D eigenvalue weighted by molar-refractivity contribution is 8.18. The van der Waals surface area contributed by atoms with Gasteiger partial charge in [-0.05, 0) is 47.7 Å². The molecule has 0 aliphatic carbocycles. The summed E-state index contributed by atoms with van der Waals surface area (Å²) in [5.74, 6) is -0.991. The zero-order valence-corrected chi connectivity index (χ0v) is 18.1. The normalized spacial score (nSPS) is 15.5. The number of carboxylic acid groups (broad SMARTS) is 1. The number of rotatable bonds is 8. The zero-order chi connectivity index (χ0) is 23.1. The van der Waals surface area contributed by atoms with Gasteiger partial charge < -0.3 is 24.6 Å². The summed E-state index contributed by atoms with van der Waals surface area (Å²) >= 11 is 1.13. The minimum Gasteiger partial charge on any atom is -0.493 e. The third kappa shape index (κ3) is 5.67. The molecule has 0 bridgehead atoms. The first kappa shape index (κ1) is 22.9. The second kappa shape index (κ2) is 10.5. The number of amidine groups is 1. The quantitative estimate of drug-likeness (QED) is 0.458. The van der Waals surface area contributed by atoms with Crippen molar-refractivity contribution in [2.24, 2.45) is 4.99 Å². The summed E-state index contributed by atoms with van der Waals surface area (Å²) in [6, 6.07) is 11.7. The van der Waals surface area contributed by atoms with Gasteiger partial charge in [0.05, 0.1) is 43.4 Å². The fourth-order valence-corrected chi connectivity index (χ4v) is 3.57. The number of aliphatic imine (C=N–C) groups is 1. The molecule has 3 rings (SSSR count). The largest absolute Gasteiger partial charge is 0.493 e. The second-order valence-electron chi connectivity index (χ2n) is 6.39. The molecule has 10 heteroatoms. The van der Waals surface area contributed by atoms with E-state index in [-0.39, 0.29) is 24.5 Å². The lowest BCUT2D eigenvalue weighted by atomic mass is 10.2. The minimum absolute atomic E-state index is 0.0112. The van der Waals surface area contributed by atoms with Crippen LogP contribution in [-0.2, 0) is 14.3 Å². The van der Waals surface area contributed by atoms with Crippen LogP contribution in [0.5, 0.6) is 11.5 Å². The highest BCUT2D eigenvalue weighted by atomic mass is 32.2. The number of methoxy groups -OCH3 is 2. The number of carbonyl (C=O) groups is 3. The summed E-state index contributed by atoms with van der Waals surface area (Å²) in [5, 5.41) is 11.7. The van der Waals surface area contributed by atoms with E-state index in [9.17, 15) is 14.4 Å². The lowest BCUT2D eigenvalue weighted by Gasteiger charge is -2.10. The van der Waals surface area contributed by atoms with E-state index in [0.29, 0.717) is 32.8 Å². The van der Waals surface area contributed by atoms with Crippen molar-refractivity contribution in [2.75, 3.05) is 20.8 Å². The lowest BCUT2D eigenvalue weighted by Crippen LogP contribution is -2.19. The molecule has 1 fully saturated rings. The molecule has 1 aliphatic heterocycles. The Morgan fingerprint density at radius 1 is 1.16 bits per heavy atom. The van der Waals surface area contributed by atoms with Gasteiger partial charge >= 0.3 is 11.9 Å². The summed E-state index contributed by atoms with van der Waals surface area (Å²) in [7, 11) is 2.76. The van der Waals surface area contributed by atoms with Crippen molar-refractivity contribution in [3.8, 4) is 11.5 Å². The molecule has 0 atom stereocenters. The van der Waals surface area contributed by atoms with Gasteiger partial charge in [-0.15, -0.1) is 0 Å². The van der Waals surface area contributed by atoms with Gasteiger partial charge in [0.25, 0.3) is 5.91 Å². The van der Waals surface area contributed by atoms with Crippen LogP contribution in [0.15, 0.2) is 52.4 Å². The zero-order valence-electron chi connectivity index (χ0n) is 17.3. The van der Waals surface area contributed by atoms with Crippen LogP contribution < -0.4 is 14.8 Å². The van der Waals surface area contributed by atoms with Crippen molar-refractivity contribution in [3.63, 3.8) is 0 Å². The molecule has 1 saturated heterocycles. The molecular formula is C22H20N2O7S. The third-order valence-corrected chi connectivity index (χ3v) is 5.15. The van der Waals surface area contributed by atoms with Gasteiger partial charge in [0.2, 0.25) is 0 Å². The average molecular weight is 456 g/mol. The number of amides is 1. The summed E-state index contributed by atoms with van der Waals surface area (Å²) in [4.78, 5) is 39.7. The lowest BCUT2D eigenvalue weighted by molar-refractivity contribution is -0.137. The predicted octanol–water partition coefficient (Wildman–Crippen LogP) is 3.23. The maximum atomic E-state index is 12.4. The van der Waals surface area contributed by atoms with Crippen LogP contribution in [0.2, 0.25) is 0 Å². The Kier molecular flexibility index (Phi) is 7.50. The summed E-state index contributed by atoms with van der Waals surface area (Å²) in [6.07, 6.45) is 1.53. The molecule has 0 aromatic heterocycles. The summed E-state index contributed by atoms with van der Waals surface area (Å²) < 4.78 is 15.5. The van der Waals surface area contributed by atoms with Crippen molar-refractivity contribution in [3.05, 3.63) is 58.5 Å². The number of esters is 1. The number of nitrogens with one attached hydrogen (secondary N) is 1. The molecule has 32 heavy (non-hydrogen) atoms. The molecular weight excluding hydrogens is 436 g/mol. The molecule has 2 aromatic carbocycles. The number of benzene rings is 2. The fourth-order valence-electron chi connectivity index (χ4n) is 2.74. The Hall–Kier alpha value is -3.79. The molecule has 0 unspecified atom stereocenters. The van der Waals surface area contributed by atoms with E-state index < -0.39 is 11.9 Å². The van der Waals surface area contributed by atoms with Crippen molar-refractivity contribution in [2.45, 2.75) is 6.42 Å². The molecule has 2 N–H and O–H groups in total. The molecule has 2 aromatic rings. The van der Waals surface area contributed by atoms with Crippen LogP contribution in [0.4, 0.5) is 5.69 Å². The van der Waals surface area contributed by atoms with E-state index in [1.807, 2.05) is 0 Å². The SMILES string of the molecule is COC(=O)c1ccccc1N=C1NC(=O)/C(=C\c2ccc(OCCC(=O)O)c(OC)c2)S1. The van der Waals surface area contributed by atoms with Crippen molar-refractivity contribution < 1.29 is 33.7 Å². The van der Waals surface area contributed by atoms with E-state index >= 15 is 0 Å². The van der Waals surface area contributed by atoms with E-state index in [1.165, 1.54) is 14.2 Å². The Bertz CT molecular complexity index is 1110. The number of hydrogen-bond acceptors (Lipinski definition) is 8. The molecule has 1 heterocycles. The van der Waals surface area contributed by atoms with Gasteiger partial charge in [0.15, 0.2) is 16.7 Å². The van der Waals surface area contributed by atoms with Crippen molar-refractivity contribution >= 4 is 46.5 Å². The van der Waals surface area contributed by atoms with Gasteiger partial charge in [0.1, 0.15) is 0 Å². The molecule has 0 radical (unpaired) electrons. The molecule has 9 nitrogen and oxygen atoms in total. The molecule has 0 saturated carbocycles. The Morgan fingerprint density at radius 3 is 2.66 bits per heavy atom. The average Bonchev–Trinajstić information content (AvgIpc) is 3.12. The Balaban J connectivity index is 1.79. The van der Waals surface area contributed by atoms with Crippen LogP contribution >= 0.6 is 11.8 Å². The standard InChI is InChI=1S/C22H20N2O7S/c1-29-17-11-13(7-8-16(17)31-10-9-19(25)26)12-18-20(27)24-22(32-18)23-15-6-4-3-5-14(15)21(28)30-2/h3-8,11-12H,9-10H2,1-2H3,(H,25,26)(H,23,24,27)/b18-12+. The highest BCUT2D eigenvalue weighted by Gasteiger charge is 2.24. The van der Waals surface area contributed by atoms with E-state index in [4.69, 9.17) is 19.3 Å². The van der Waals surface area contributed by atoms with Gasteiger partial charge in [-0.3, -0.25) is 9.59 Å². The number of thioether (sulfide) groups is 1. The van der Waals surface area contributed by atoms with Gasteiger partial charge in [-0.1, -0.05) is 18.2 Å². The van der Waals surface area contributed by atoms with E-state index in [1.54, 1.807) is 48.5 Å².